The number of para-hydroxylation sites is 1. The highest BCUT2D eigenvalue weighted by molar-refractivity contribution is 5.93. The third kappa shape index (κ3) is 2.10. The van der Waals surface area contributed by atoms with Crippen molar-refractivity contribution in [3.63, 3.8) is 0 Å². The first-order valence-electron chi connectivity index (χ1n) is 6.44. The van der Waals surface area contributed by atoms with E-state index in [1.807, 2.05) is 0 Å². The molecule has 0 saturated heterocycles. The standard InChI is InChI=1S/C17H16N2/c1-11-7-12(2)9-14(8-11)17-15-6-4-5-13(3)16(15)18-10-19-17/h4-10H,1-3H3. The number of hydrogen-bond acceptors (Lipinski definition) is 2. The topological polar surface area (TPSA) is 25.8 Å². The lowest BCUT2D eigenvalue weighted by Gasteiger charge is -2.08. The Balaban J connectivity index is 2.33. The molecular formula is C17H16N2. The van der Waals surface area contributed by atoms with Crippen LogP contribution in [0.25, 0.3) is 22.2 Å². The molecule has 0 N–H and O–H groups in total. The van der Waals surface area contributed by atoms with Gasteiger partial charge in [0.2, 0.25) is 0 Å². The molecule has 3 aromatic rings. The first-order valence-corrected chi connectivity index (χ1v) is 6.44. The van der Waals surface area contributed by atoms with E-state index in [4.69, 9.17) is 0 Å². The monoisotopic (exact) mass is 248 g/mol. The summed E-state index contributed by atoms with van der Waals surface area (Å²) in [6, 6.07) is 12.8. The van der Waals surface area contributed by atoms with Gasteiger partial charge >= 0.3 is 0 Å². The summed E-state index contributed by atoms with van der Waals surface area (Å²) in [4.78, 5) is 8.89. The van der Waals surface area contributed by atoms with E-state index in [1.54, 1.807) is 6.33 Å². The van der Waals surface area contributed by atoms with E-state index in [1.165, 1.54) is 16.7 Å². The highest BCUT2D eigenvalue weighted by Crippen LogP contribution is 2.28. The van der Waals surface area contributed by atoms with Gasteiger partial charge in [-0.25, -0.2) is 9.97 Å². The van der Waals surface area contributed by atoms with Crippen molar-refractivity contribution in [3.05, 3.63) is 59.4 Å². The summed E-state index contributed by atoms with van der Waals surface area (Å²) < 4.78 is 0. The molecule has 1 heterocycles. The summed E-state index contributed by atoms with van der Waals surface area (Å²) in [7, 11) is 0. The predicted molar refractivity (Wildman–Crippen MR) is 79.2 cm³/mol. The van der Waals surface area contributed by atoms with Crippen LogP contribution in [-0.4, -0.2) is 9.97 Å². The van der Waals surface area contributed by atoms with E-state index in [0.29, 0.717) is 0 Å². The smallest absolute Gasteiger partial charge is 0.116 e. The van der Waals surface area contributed by atoms with Gasteiger partial charge in [-0.05, 0) is 38.5 Å². The van der Waals surface area contributed by atoms with Crippen LogP contribution in [0.3, 0.4) is 0 Å². The van der Waals surface area contributed by atoms with Crippen molar-refractivity contribution in [2.75, 3.05) is 0 Å². The molecule has 0 atom stereocenters. The minimum atomic E-state index is 1.01. The molecule has 0 unspecified atom stereocenters. The van der Waals surface area contributed by atoms with E-state index in [-0.39, 0.29) is 0 Å². The molecule has 19 heavy (non-hydrogen) atoms. The Morgan fingerprint density at radius 3 is 2.32 bits per heavy atom. The van der Waals surface area contributed by atoms with E-state index in [2.05, 4.69) is 67.1 Å². The van der Waals surface area contributed by atoms with Crippen LogP contribution in [0.4, 0.5) is 0 Å². The van der Waals surface area contributed by atoms with Gasteiger partial charge in [0.1, 0.15) is 6.33 Å². The number of fused-ring (bicyclic) bond motifs is 1. The molecule has 0 radical (unpaired) electrons. The second-order valence-corrected chi connectivity index (χ2v) is 5.07. The van der Waals surface area contributed by atoms with Gasteiger partial charge in [-0.1, -0.05) is 35.4 Å². The van der Waals surface area contributed by atoms with Gasteiger partial charge in [0.25, 0.3) is 0 Å². The second-order valence-electron chi connectivity index (χ2n) is 5.07. The van der Waals surface area contributed by atoms with Crippen LogP contribution < -0.4 is 0 Å². The maximum atomic E-state index is 4.49. The Morgan fingerprint density at radius 1 is 0.842 bits per heavy atom. The first-order chi connectivity index (χ1) is 9.15. The second kappa shape index (κ2) is 4.47. The number of rotatable bonds is 1. The van der Waals surface area contributed by atoms with Crippen molar-refractivity contribution in [2.45, 2.75) is 20.8 Å². The number of aryl methyl sites for hydroxylation is 3. The van der Waals surface area contributed by atoms with Gasteiger partial charge in [-0.2, -0.15) is 0 Å². The Hall–Kier alpha value is -2.22. The summed E-state index contributed by atoms with van der Waals surface area (Å²) in [6.07, 6.45) is 1.66. The molecular weight excluding hydrogens is 232 g/mol. The summed E-state index contributed by atoms with van der Waals surface area (Å²) in [6.45, 7) is 6.32. The van der Waals surface area contributed by atoms with E-state index >= 15 is 0 Å². The summed E-state index contributed by atoms with van der Waals surface area (Å²) >= 11 is 0. The Kier molecular flexibility index (Phi) is 2.79. The molecule has 0 saturated carbocycles. The maximum absolute atomic E-state index is 4.49. The number of nitrogens with zero attached hydrogens (tertiary/aromatic N) is 2. The van der Waals surface area contributed by atoms with Crippen molar-refractivity contribution in [1.82, 2.24) is 9.97 Å². The largest absolute Gasteiger partial charge is 0.236 e. The van der Waals surface area contributed by atoms with Gasteiger partial charge in [-0.15, -0.1) is 0 Å². The quantitative estimate of drug-likeness (QED) is 0.644. The van der Waals surface area contributed by atoms with Crippen molar-refractivity contribution in [3.8, 4) is 11.3 Å². The van der Waals surface area contributed by atoms with Crippen LogP contribution in [0.15, 0.2) is 42.7 Å². The SMILES string of the molecule is Cc1cc(C)cc(-c2ncnc3c(C)cccc23)c1. The normalized spacial score (nSPS) is 10.9. The molecule has 0 spiro atoms. The first kappa shape index (κ1) is 11.8. The summed E-state index contributed by atoms with van der Waals surface area (Å²) in [5.74, 6) is 0. The molecule has 0 amide bonds. The molecule has 2 nitrogen and oxygen atoms in total. The fraction of sp³-hybridized carbons (Fsp3) is 0.176. The predicted octanol–water partition coefficient (Wildman–Crippen LogP) is 4.22. The van der Waals surface area contributed by atoms with Gasteiger partial charge < -0.3 is 0 Å². The summed E-state index contributed by atoms with van der Waals surface area (Å²) in [5, 5.41) is 1.12. The molecule has 3 rings (SSSR count). The van der Waals surface area contributed by atoms with Crippen molar-refractivity contribution >= 4 is 10.9 Å². The molecule has 2 aromatic carbocycles. The van der Waals surface area contributed by atoms with E-state index in [0.717, 1.165) is 22.2 Å². The fourth-order valence-corrected chi connectivity index (χ4v) is 2.58. The zero-order valence-electron chi connectivity index (χ0n) is 11.4. The minimum Gasteiger partial charge on any atom is -0.236 e. The third-order valence-electron chi connectivity index (χ3n) is 3.36. The van der Waals surface area contributed by atoms with Crippen molar-refractivity contribution < 1.29 is 0 Å². The average molecular weight is 248 g/mol. The zero-order chi connectivity index (χ0) is 13.4. The number of aromatic nitrogens is 2. The lowest BCUT2D eigenvalue weighted by molar-refractivity contribution is 1.21. The highest BCUT2D eigenvalue weighted by Gasteiger charge is 2.08. The van der Waals surface area contributed by atoms with Gasteiger partial charge in [0, 0.05) is 10.9 Å². The molecule has 0 aliphatic rings. The van der Waals surface area contributed by atoms with Crippen LogP contribution in [-0.2, 0) is 0 Å². The third-order valence-corrected chi connectivity index (χ3v) is 3.36. The molecule has 94 valence electrons. The number of hydrogen-bond donors (Lipinski definition) is 0. The van der Waals surface area contributed by atoms with Gasteiger partial charge in [0.15, 0.2) is 0 Å². The molecule has 0 aliphatic carbocycles. The van der Waals surface area contributed by atoms with Crippen LogP contribution in [0.5, 0.6) is 0 Å². The lowest BCUT2D eigenvalue weighted by Crippen LogP contribution is -1.92. The van der Waals surface area contributed by atoms with Crippen LogP contribution >= 0.6 is 0 Å². The molecule has 1 aromatic heterocycles. The highest BCUT2D eigenvalue weighted by atomic mass is 14.8. The Labute approximate surface area is 113 Å². The molecule has 0 fully saturated rings. The number of benzene rings is 2. The van der Waals surface area contributed by atoms with E-state index < -0.39 is 0 Å². The van der Waals surface area contributed by atoms with Crippen molar-refractivity contribution in [1.29, 1.82) is 0 Å². The van der Waals surface area contributed by atoms with Crippen LogP contribution in [0.2, 0.25) is 0 Å². The fourth-order valence-electron chi connectivity index (χ4n) is 2.58. The molecule has 2 heteroatoms. The van der Waals surface area contributed by atoms with E-state index in [9.17, 15) is 0 Å². The maximum Gasteiger partial charge on any atom is 0.116 e. The Bertz CT molecular complexity index is 740. The van der Waals surface area contributed by atoms with Crippen molar-refractivity contribution in [2.24, 2.45) is 0 Å². The Morgan fingerprint density at radius 2 is 1.58 bits per heavy atom. The molecule has 0 aliphatic heterocycles. The van der Waals surface area contributed by atoms with Gasteiger partial charge in [-0.3, -0.25) is 0 Å². The minimum absolute atomic E-state index is 1.01. The summed E-state index contributed by atoms with van der Waals surface area (Å²) in [5.41, 5.74) is 6.91. The lowest BCUT2D eigenvalue weighted by atomic mass is 10.0. The van der Waals surface area contributed by atoms with Gasteiger partial charge in [0.05, 0.1) is 11.2 Å². The average Bonchev–Trinajstić information content (AvgIpc) is 2.37. The van der Waals surface area contributed by atoms with Crippen LogP contribution in [0, 0.1) is 20.8 Å². The van der Waals surface area contributed by atoms with Crippen LogP contribution in [0.1, 0.15) is 16.7 Å². The zero-order valence-corrected chi connectivity index (χ0v) is 11.4. The molecule has 0 bridgehead atoms.